The van der Waals surface area contributed by atoms with Gasteiger partial charge in [-0.2, -0.15) is 0 Å². The molecule has 1 nitrogen and oxygen atoms in total. The van der Waals surface area contributed by atoms with Gasteiger partial charge in [-0.15, -0.1) is 0 Å². The van der Waals surface area contributed by atoms with Gasteiger partial charge in [-0.1, -0.05) is 152 Å². The molecule has 0 unspecified atom stereocenters. The first-order valence-corrected chi connectivity index (χ1v) is 14.8. The van der Waals surface area contributed by atoms with Gasteiger partial charge in [0, 0.05) is 21.9 Å². The highest BCUT2D eigenvalue weighted by molar-refractivity contribution is 6.26. The van der Waals surface area contributed by atoms with E-state index in [2.05, 4.69) is 152 Å². The zero-order chi connectivity index (χ0) is 28.3. The van der Waals surface area contributed by atoms with Gasteiger partial charge in [0.2, 0.25) is 0 Å². The van der Waals surface area contributed by atoms with Crippen LogP contribution in [0.1, 0.15) is 0 Å². The number of fused-ring (bicyclic) bond motifs is 6. The lowest BCUT2D eigenvalue weighted by atomic mass is 9.83. The van der Waals surface area contributed by atoms with Crippen LogP contribution in [0.4, 0.5) is 0 Å². The topological polar surface area (TPSA) is 13.1 Å². The predicted molar refractivity (Wildman–Crippen MR) is 183 cm³/mol. The Morgan fingerprint density at radius 2 is 0.744 bits per heavy atom. The van der Waals surface area contributed by atoms with Crippen molar-refractivity contribution in [1.82, 2.24) is 0 Å². The predicted octanol–water partition coefficient (Wildman–Crippen LogP) is 12.0. The standard InChI is InChI=1S/C42H26O/c1-2-13-27(14-3-1)28-25-26-36(30-16-5-4-15-29(28)30)40-32-18-6-8-20-34(32)41(35-21-9-7-19-33(35)40)38-23-12-22-37-31-17-10-11-24-39(31)43-42(37)38/h1-26H. The second-order valence-electron chi connectivity index (χ2n) is 11.2. The Morgan fingerprint density at radius 3 is 1.40 bits per heavy atom. The molecule has 0 aliphatic rings. The number of para-hydroxylation sites is 2. The molecule has 0 radical (unpaired) electrons. The van der Waals surface area contributed by atoms with Gasteiger partial charge in [0.1, 0.15) is 11.2 Å². The first-order valence-electron chi connectivity index (χ1n) is 14.8. The van der Waals surface area contributed by atoms with Crippen LogP contribution >= 0.6 is 0 Å². The van der Waals surface area contributed by atoms with Gasteiger partial charge in [0.25, 0.3) is 0 Å². The molecule has 0 saturated heterocycles. The summed E-state index contributed by atoms with van der Waals surface area (Å²) in [5.41, 5.74) is 9.18. The van der Waals surface area contributed by atoms with Gasteiger partial charge < -0.3 is 4.42 Å². The van der Waals surface area contributed by atoms with E-state index in [1.54, 1.807) is 0 Å². The van der Waals surface area contributed by atoms with Crippen molar-refractivity contribution in [3.05, 3.63) is 158 Å². The molecule has 8 aromatic carbocycles. The largest absolute Gasteiger partial charge is 0.455 e. The molecule has 1 aromatic heterocycles. The Morgan fingerprint density at radius 1 is 0.279 bits per heavy atom. The fourth-order valence-electron chi connectivity index (χ4n) is 7.04. The Bertz CT molecular complexity index is 2440. The highest BCUT2D eigenvalue weighted by Gasteiger charge is 2.21. The monoisotopic (exact) mass is 546 g/mol. The zero-order valence-electron chi connectivity index (χ0n) is 23.4. The number of furan rings is 1. The summed E-state index contributed by atoms with van der Waals surface area (Å²) >= 11 is 0. The molecule has 9 rings (SSSR count). The molecule has 9 aromatic rings. The van der Waals surface area contributed by atoms with E-state index < -0.39 is 0 Å². The van der Waals surface area contributed by atoms with Gasteiger partial charge in [-0.25, -0.2) is 0 Å². The first-order chi connectivity index (χ1) is 21.4. The van der Waals surface area contributed by atoms with Crippen LogP contribution < -0.4 is 0 Å². The minimum absolute atomic E-state index is 0.917. The van der Waals surface area contributed by atoms with Crippen molar-refractivity contribution in [2.24, 2.45) is 0 Å². The molecule has 200 valence electrons. The zero-order valence-corrected chi connectivity index (χ0v) is 23.4. The summed E-state index contributed by atoms with van der Waals surface area (Å²) in [7, 11) is 0. The summed E-state index contributed by atoms with van der Waals surface area (Å²) in [4.78, 5) is 0. The summed E-state index contributed by atoms with van der Waals surface area (Å²) in [5.74, 6) is 0. The van der Waals surface area contributed by atoms with Gasteiger partial charge in [0.15, 0.2) is 0 Å². The number of rotatable bonds is 3. The number of hydrogen-bond acceptors (Lipinski definition) is 1. The van der Waals surface area contributed by atoms with E-state index in [1.165, 1.54) is 60.1 Å². The van der Waals surface area contributed by atoms with Crippen molar-refractivity contribution in [2.45, 2.75) is 0 Å². The fourth-order valence-corrected chi connectivity index (χ4v) is 7.04. The average molecular weight is 547 g/mol. The number of hydrogen-bond donors (Lipinski definition) is 0. The third-order valence-corrected chi connectivity index (χ3v) is 8.88. The van der Waals surface area contributed by atoms with Crippen molar-refractivity contribution in [3.63, 3.8) is 0 Å². The summed E-state index contributed by atoms with van der Waals surface area (Å²) in [6.07, 6.45) is 0. The summed E-state index contributed by atoms with van der Waals surface area (Å²) in [5, 5.41) is 9.73. The van der Waals surface area contributed by atoms with E-state index >= 15 is 0 Å². The maximum absolute atomic E-state index is 6.56. The second kappa shape index (κ2) is 9.44. The highest BCUT2D eigenvalue weighted by Crippen LogP contribution is 2.48. The molecule has 0 aliphatic heterocycles. The van der Waals surface area contributed by atoms with Crippen LogP contribution in [0, 0.1) is 0 Å². The quantitative estimate of drug-likeness (QED) is 0.201. The van der Waals surface area contributed by atoms with Gasteiger partial charge in [0.05, 0.1) is 0 Å². The summed E-state index contributed by atoms with van der Waals surface area (Å²) < 4.78 is 6.56. The molecular weight excluding hydrogens is 520 g/mol. The Labute approximate surface area is 249 Å². The van der Waals surface area contributed by atoms with Crippen molar-refractivity contribution >= 4 is 54.3 Å². The minimum Gasteiger partial charge on any atom is -0.455 e. The van der Waals surface area contributed by atoms with Crippen LogP contribution in [0.25, 0.3) is 87.6 Å². The van der Waals surface area contributed by atoms with Crippen LogP contribution in [-0.4, -0.2) is 0 Å². The molecule has 1 heteroatoms. The average Bonchev–Trinajstić information content (AvgIpc) is 3.46. The second-order valence-corrected chi connectivity index (χ2v) is 11.2. The van der Waals surface area contributed by atoms with Crippen LogP contribution in [0.15, 0.2) is 162 Å². The van der Waals surface area contributed by atoms with Gasteiger partial charge in [-0.05, 0) is 60.6 Å². The molecule has 1 heterocycles. The molecule has 0 amide bonds. The molecule has 0 bridgehead atoms. The Balaban J connectivity index is 1.41. The smallest absolute Gasteiger partial charge is 0.143 e. The van der Waals surface area contributed by atoms with Crippen molar-refractivity contribution in [3.8, 4) is 33.4 Å². The Kier molecular flexibility index (Phi) is 5.27. The molecule has 0 spiro atoms. The molecule has 0 atom stereocenters. The van der Waals surface area contributed by atoms with E-state index in [4.69, 9.17) is 4.42 Å². The van der Waals surface area contributed by atoms with Crippen molar-refractivity contribution in [2.75, 3.05) is 0 Å². The summed E-state index contributed by atoms with van der Waals surface area (Å²) in [6, 6.07) is 56.7. The van der Waals surface area contributed by atoms with Crippen LogP contribution in [0.3, 0.4) is 0 Å². The molecular formula is C42H26O. The van der Waals surface area contributed by atoms with Crippen LogP contribution in [-0.2, 0) is 0 Å². The maximum atomic E-state index is 6.56. The third-order valence-electron chi connectivity index (χ3n) is 8.88. The fraction of sp³-hybridized carbons (Fsp3) is 0. The van der Waals surface area contributed by atoms with Crippen molar-refractivity contribution < 1.29 is 4.42 Å². The molecule has 0 saturated carbocycles. The first kappa shape index (κ1) is 24.0. The lowest BCUT2D eigenvalue weighted by molar-refractivity contribution is 0.670. The molecule has 0 aliphatic carbocycles. The lowest BCUT2D eigenvalue weighted by Crippen LogP contribution is -1.92. The third kappa shape index (κ3) is 3.58. The Hall–Kier alpha value is -5.66. The van der Waals surface area contributed by atoms with E-state index in [-0.39, 0.29) is 0 Å². The number of benzene rings is 8. The van der Waals surface area contributed by atoms with E-state index in [1.807, 2.05) is 6.07 Å². The van der Waals surface area contributed by atoms with Crippen molar-refractivity contribution in [1.29, 1.82) is 0 Å². The van der Waals surface area contributed by atoms with Gasteiger partial charge in [-0.3, -0.25) is 0 Å². The van der Waals surface area contributed by atoms with Crippen LogP contribution in [0.5, 0.6) is 0 Å². The molecule has 43 heavy (non-hydrogen) atoms. The van der Waals surface area contributed by atoms with Gasteiger partial charge >= 0.3 is 0 Å². The lowest BCUT2D eigenvalue weighted by Gasteiger charge is -2.19. The maximum Gasteiger partial charge on any atom is 0.143 e. The van der Waals surface area contributed by atoms with E-state index in [9.17, 15) is 0 Å². The highest BCUT2D eigenvalue weighted by atomic mass is 16.3. The normalized spacial score (nSPS) is 11.7. The minimum atomic E-state index is 0.917. The van der Waals surface area contributed by atoms with E-state index in [0.29, 0.717) is 0 Å². The summed E-state index contributed by atoms with van der Waals surface area (Å²) in [6.45, 7) is 0. The molecule has 0 N–H and O–H groups in total. The van der Waals surface area contributed by atoms with E-state index in [0.717, 1.165) is 27.5 Å². The SMILES string of the molecule is c1ccc(-c2ccc(-c3c4ccccc4c(-c4cccc5c4oc4ccccc45)c4ccccc34)c3ccccc23)cc1. The van der Waals surface area contributed by atoms with Crippen LogP contribution in [0.2, 0.25) is 0 Å². The molecule has 0 fully saturated rings.